The number of H-pyrrole nitrogens is 1. The van der Waals surface area contributed by atoms with Crippen LogP contribution in [0.5, 0.6) is 23.0 Å². The Morgan fingerprint density at radius 1 is 0.969 bits per heavy atom. The Kier molecular flexibility index (Phi) is 8.35. The second kappa shape index (κ2) is 11.4. The fourth-order valence-electron chi connectivity index (χ4n) is 3.28. The number of aromatic amines is 1. The summed E-state index contributed by atoms with van der Waals surface area (Å²) in [5.41, 5.74) is 3.01. The van der Waals surface area contributed by atoms with Gasteiger partial charge in [0.25, 0.3) is 0 Å². The van der Waals surface area contributed by atoms with E-state index in [1.807, 2.05) is 43.3 Å². The van der Waals surface area contributed by atoms with Crippen LogP contribution >= 0.6 is 0 Å². The van der Waals surface area contributed by atoms with E-state index >= 15 is 0 Å². The van der Waals surface area contributed by atoms with Crippen molar-refractivity contribution in [2.75, 3.05) is 41.0 Å². The van der Waals surface area contributed by atoms with Crippen LogP contribution < -0.4 is 24.3 Å². The maximum Gasteiger partial charge on any atom is 0.161 e. The first-order valence-corrected chi connectivity index (χ1v) is 10.5. The molecule has 0 saturated carbocycles. The summed E-state index contributed by atoms with van der Waals surface area (Å²) in [6.45, 7) is 3.24. The number of rotatable bonds is 12. The van der Waals surface area contributed by atoms with Crippen molar-refractivity contribution < 1.29 is 24.1 Å². The minimum Gasteiger partial charge on any atom is -0.493 e. The molecule has 0 spiro atoms. The van der Waals surface area contributed by atoms with E-state index in [-0.39, 0.29) is 6.61 Å². The van der Waals surface area contributed by atoms with Crippen LogP contribution in [-0.2, 0) is 6.42 Å². The molecule has 1 atom stereocenters. The molecule has 1 heterocycles. The normalized spacial score (nSPS) is 11.8. The van der Waals surface area contributed by atoms with Gasteiger partial charge in [-0.15, -0.1) is 0 Å². The molecule has 3 rings (SSSR count). The molecule has 8 nitrogen and oxygen atoms in total. The smallest absolute Gasteiger partial charge is 0.161 e. The Labute approximate surface area is 188 Å². The quantitative estimate of drug-likeness (QED) is 0.372. The highest BCUT2D eigenvalue weighted by atomic mass is 16.5. The summed E-state index contributed by atoms with van der Waals surface area (Å²) in [6.07, 6.45) is 1.92. The maximum atomic E-state index is 10.3. The van der Waals surface area contributed by atoms with Crippen molar-refractivity contribution in [3.05, 3.63) is 53.9 Å². The van der Waals surface area contributed by atoms with Crippen molar-refractivity contribution in [2.24, 2.45) is 0 Å². The van der Waals surface area contributed by atoms with Gasteiger partial charge in [-0.3, -0.25) is 0 Å². The Bertz CT molecular complexity index is 1010. The van der Waals surface area contributed by atoms with Crippen LogP contribution in [0.1, 0.15) is 11.3 Å². The molecule has 0 aliphatic heterocycles. The number of hydrogen-bond acceptors (Lipinski definition) is 7. The zero-order valence-corrected chi connectivity index (χ0v) is 19.0. The van der Waals surface area contributed by atoms with Gasteiger partial charge in [-0.2, -0.15) is 0 Å². The van der Waals surface area contributed by atoms with E-state index in [0.29, 0.717) is 36.1 Å². The van der Waals surface area contributed by atoms with Gasteiger partial charge in [-0.1, -0.05) is 6.07 Å². The summed E-state index contributed by atoms with van der Waals surface area (Å²) in [7, 11) is 4.83. The maximum absolute atomic E-state index is 10.3. The van der Waals surface area contributed by atoms with Crippen LogP contribution in [0.25, 0.3) is 11.4 Å². The third kappa shape index (κ3) is 6.15. The predicted octanol–water partition coefficient (Wildman–Crippen LogP) is 2.98. The molecule has 3 N–H and O–H groups in total. The van der Waals surface area contributed by atoms with Crippen LogP contribution in [0.4, 0.5) is 0 Å². The molecule has 0 fully saturated rings. The van der Waals surface area contributed by atoms with E-state index in [9.17, 15) is 5.11 Å². The third-order valence-electron chi connectivity index (χ3n) is 4.99. The molecule has 0 bridgehead atoms. The number of benzene rings is 2. The van der Waals surface area contributed by atoms with Gasteiger partial charge in [-0.25, -0.2) is 4.98 Å². The minimum atomic E-state index is -0.655. The second-order valence-corrected chi connectivity index (χ2v) is 7.39. The summed E-state index contributed by atoms with van der Waals surface area (Å²) in [6, 6.07) is 11.4. The average molecular weight is 442 g/mol. The topological polar surface area (TPSA) is 97.9 Å². The van der Waals surface area contributed by atoms with Crippen molar-refractivity contribution in [1.29, 1.82) is 0 Å². The fraction of sp³-hybridized carbons (Fsp3) is 0.375. The number of aliphatic hydroxyl groups is 1. The van der Waals surface area contributed by atoms with Crippen molar-refractivity contribution in [3.8, 4) is 34.4 Å². The Morgan fingerprint density at radius 3 is 2.38 bits per heavy atom. The van der Waals surface area contributed by atoms with Crippen molar-refractivity contribution >= 4 is 0 Å². The Hall–Kier alpha value is -3.23. The number of aromatic nitrogens is 2. The molecular weight excluding hydrogens is 410 g/mol. The molecule has 32 heavy (non-hydrogen) atoms. The summed E-state index contributed by atoms with van der Waals surface area (Å²) in [4.78, 5) is 7.53. The van der Waals surface area contributed by atoms with Crippen molar-refractivity contribution in [3.63, 3.8) is 0 Å². The van der Waals surface area contributed by atoms with Gasteiger partial charge in [-0.05, 0) is 55.8 Å². The number of imidazole rings is 1. The zero-order chi connectivity index (χ0) is 22.9. The molecule has 0 radical (unpaired) electrons. The van der Waals surface area contributed by atoms with E-state index in [4.69, 9.17) is 18.9 Å². The first-order chi connectivity index (χ1) is 15.5. The van der Waals surface area contributed by atoms with Gasteiger partial charge in [0.15, 0.2) is 23.0 Å². The van der Waals surface area contributed by atoms with E-state index in [1.54, 1.807) is 27.5 Å². The number of aliphatic hydroxyl groups excluding tert-OH is 1. The van der Waals surface area contributed by atoms with Gasteiger partial charge < -0.3 is 34.4 Å². The molecule has 3 aromatic rings. The van der Waals surface area contributed by atoms with Gasteiger partial charge in [0.05, 0.1) is 21.3 Å². The molecule has 0 amide bonds. The lowest BCUT2D eigenvalue weighted by atomic mass is 10.1. The third-order valence-corrected chi connectivity index (χ3v) is 4.99. The molecule has 1 aromatic heterocycles. The van der Waals surface area contributed by atoms with E-state index in [2.05, 4.69) is 15.3 Å². The molecule has 8 heteroatoms. The van der Waals surface area contributed by atoms with E-state index < -0.39 is 6.10 Å². The summed E-state index contributed by atoms with van der Waals surface area (Å²) in [5, 5.41) is 13.5. The van der Waals surface area contributed by atoms with Crippen molar-refractivity contribution in [2.45, 2.75) is 19.4 Å². The minimum absolute atomic E-state index is 0.152. The molecule has 2 aromatic carbocycles. The van der Waals surface area contributed by atoms with E-state index in [1.165, 1.54) is 0 Å². The van der Waals surface area contributed by atoms with Crippen LogP contribution in [-0.4, -0.2) is 62.2 Å². The molecule has 0 saturated heterocycles. The van der Waals surface area contributed by atoms with Crippen LogP contribution in [0.3, 0.4) is 0 Å². The van der Waals surface area contributed by atoms with Crippen LogP contribution in [0.15, 0.2) is 42.6 Å². The van der Waals surface area contributed by atoms with Crippen LogP contribution in [0, 0.1) is 6.92 Å². The molecule has 172 valence electrons. The monoisotopic (exact) mass is 441 g/mol. The number of ether oxygens (including phenoxy) is 4. The summed E-state index contributed by atoms with van der Waals surface area (Å²) < 4.78 is 21.8. The zero-order valence-electron chi connectivity index (χ0n) is 19.0. The first kappa shape index (κ1) is 23.4. The lowest BCUT2D eigenvalue weighted by Crippen LogP contribution is -2.32. The summed E-state index contributed by atoms with van der Waals surface area (Å²) in [5.74, 6) is 3.35. The number of nitrogens with one attached hydrogen (secondary N) is 2. The molecular formula is C24H31N3O5. The SMILES string of the molecule is COc1ccc(CCNCC(O)COc2ccc(-c3ncc(C)[nH]3)cc2OC)cc1OC. The standard InChI is InChI=1S/C24H31N3O5/c1-16-13-26-24(27-16)18-6-8-21(23(12-18)31-4)32-15-19(28)14-25-10-9-17-5-7-20(29-2)22(11-17)30-3/h5-8,11-13,19,25,28H,9-10,14-15H2,1-4H3,(H,26,27). The molecule has 1 unspecified atom stereocenters. The Balaban J connectivity index is 1.45. The highest BCUT2D eigenvalue weighted by Crippen LogP contribution is 2.31. The lowest BCUT2D eigenvalue weighted by molar-refractivity contribution is 0.105. The van der Waals surface area contributed by atoms with Gasteiger partial charge >= 0.3 is 0 Å². The first-order valence-electron chi connectivity index (χ1n) is 10.5. The van der Waals surface area contributed by atoms with Gasteiger partial charge in [0.1, 0.15) is 18.5 Å². The number of hydrogen-bond donors (Lipinski definition) is 3. The second-order valence-electron chi connectivity index (χ2n) is 7.39. The van der Waals surface area contributed by atoms with Crippen LogP contribution in [0.2, 0.25) is 0 Å². The Morgan fingerprint density at radius 2 is 1.69 bits per heavy atom. The van der Waals surface area contributed by atoms with E-state index in [0.717, 1.165) is 29.1 Å². The van der Waals surface area contributed by atoms with Gasteiger partial charge in [0, 0.05) is 24.0 Å². The number of nitrogens with zero attached hydrogens (tertiary/aromatic N) is 1. The molecule has 0 aliphatic carbocycles. The largest absolute Gasteiger partial charge is 0.493 e. The van der Waals surface area contributed by atoms with Gasteiger partial charge in [0.2, 0.25) is 0 Å². The number of methoxy groups -OCH3 is 3. The highest BCUT2D eigenvalue weighted by molar-refractivity contribution is 5.61. The molecule has 0 aliphatic rings. The fourth-order valence-corrected chi connectivity index (χ4v) is 3.28. The predicted molar refractivity (Wildman–Crippen MR) is 123 cm³/mol. The lowest BCUT2D eigenvalue weighted by Gasteiger charge is -2.16. The summed E-state index contributed by atoms with van der Waals surface area (Å²) >= 11 is 0. The highest BCUT2D eigenvalue weighted by Gasteiger charge is 2.12. The number of aryl methyl sites for hydroxylation is 1. The average Bonchev–Trinajstić information content (AvgIpc) is 3.26. The van der Waals surface area contributed by atoms with Crippen molar-refractivity contribution in [1.82, 2.24) is 15.3 Å².